The van der Waals surface area contributed by atoms with Crippen molar-refractivity contribution in [3.63, 3.8) is 0 Å². The van der Waals surface area contributed by atoms with Crippen LogP contribution in [0.3, 0.4) is 0 Å². The highest BCUT2D eigenvalue weighted by Gasteiger charge is 2.38. The van der Waals surface area contributed by atoms with Gasteiger partial charge in [-0.15, -0.1) is 11.8 Å². The second-order valence-electron chi connectivity index (χ2n) is 12.3. The summed E-state index contributed by atoms with van der Waals surface area (Å²) in [6, 6.07) is 39.9. The summed E-state index contributed by atoms with van der Waals surface area (Å²) in [5.74, 6) is 2.06. The van der Waals surface area contributed by atoms with E-state index in [0.29, 0.717) is 23.7 Å². The van der Waals surface area contributed by atoms with Crippen LogP contribution >= 0.6 is 11.8 Å². The molecule has 1 saturated heterocycles. The lowest BCUT2D eigenvalue weighted by molar-refractivity contribution is -0.268. The summed E-state index contributed by atoms with van der Waals surface area (Å²) in [7, 11) is 0. The zero-order valence-corrected chi connectivity index (χ0v) is 29.3. The molecule has 51 heavy (non-hydrogen) atoms. The van der Waals surface area contributed by atoms with Gasteiger partial charge in [0.25, 0.3) is 0 Å². The summed E-state index contributed by atoms with van der Waals surface area (Å²) in [6.07, 6.45) is -0.959. The van der Waals surface area contributed by atoms with Gasteiger partial charge in [0.05, 0.1) is 18.8 Å². The number of anilines is 2. The molecule has 0 unspecified atom stereocenters. The van der Waals surface area contributed by atoms with E-state index in [1.54, 1.807) is 23.9 Å². The van der Waals surface area contributed by atoms with Gasteiger partial charge in [0, 0.05) is 47.0 Å². The van der Waals surface area contributed by atoms with Crippen molar-refractivity contribution in [1.29, 1.82) is 0 Å². The molecular formula is C41H41N3O6S. The van der Waals surface area contributed by atoms with E-state index in [1.165, 1.54) is 6.92 Å². The summed E-state index contributed by atoms with van der Waals surface area (Å²) in [5, 5.41) is 18.1. The minimum Gasteiger partial charge on any atom is -0.457 e. The highest BCUT2D eigenvalue weighted by Crippen LogP contribution is 2.43. The molecular weight excluding hydrogens is 663 g/mol. The fourth-order valence-corrected chi connectivity index (χ4v) is 6.77. The van der Waals surface area contributed by atoms with Crippen molar-refractivity contribution in [2.24, 2.45) is 5.92 Å². The van der Waals surface area contributed by atoms with Crippen LogP contribution in [0.4, 0.5) is 16.2 Å². The molecule has 1 aliphatic rings. The monoisotopic (exact) mass is 703 g/mol. The first kappa shape index (κ1) is 35.7. The van der Waals surface area contributed by atoms with Gasteiger partial charge in [0.1, 0.15) is 11.5 Å². The molecule has 0 radical (unpaired) electrons. The number of carbonyl (C=O) groups is 2. The van der Waals surface area contributed by atoms with Crippen molar-refractivity contribution in [3.8, 4) is 11.5 Å². The highest BCUT2D eigenvalue weighted by molar-refractivity contribution is 7.99. The maximum atomic E-state index is 12.7. The standard InChI is InChI=1S/C41H41N3O6S/c1-27-38(26-51-37-22-18-33(19-23-37)43-28(2)46)49-40(50-39(27)31-12-10-30(25-45)11-13-31)32-14-8-29(9-15-32)24-42-41(47)44-34-16-20-36(21-17-34)48-35-6-4-3-5-7-35/h3-23,27,38-40,45H,24-26H2,1-2H3,(H,43,46)(H2,42,44,47)/t27-,38+,39+,40+/m1/s1. The Hall–Kier alpha value is -5.13. The van der Waals surface area contributed by atoms with Crippen LogP contribution in [0.15, 0.2) is 132 Å². The van der Waals surface area contributed by atoms with Crippen LogP contribution in [0.1, 0.15) is 48.5 Å². The van der Waals surface area contributed by atoms with Crippen molar-refractivity contribution >= 4 is 35.1 Å². The second kappa shape index (κ2) is 17.2. The van der Waals surface area contributed by atoms with E-state index in [1.807, 2.05) is 115 Å². The zero-order valence-electron chi connectivity index (χ0n) is 28.5. The first-order chi connectivity index (χ1) is 24.8. The average Bonchev–Trinajstić information content (AvgIpc) is 3.15. The van der Waals surface area contributed by atoms with Crippen LogP contribution in [0.5, 0.6) is 11.5 Å². The number of hydrogen-bond acceptors (Lipinski definition) is 7. The topological polar surface area (TPSA) is 118 Å². The van der Waals surface area contributed by atoms with Crippen LogP contribution in [-0.4, -0.2) is 28.9 Å². The van der Waals surface area contributed by atoms with Crippen molar-refractivity contribution in [1.82, 2.24) is 5.32 Å². The molecule has 9 nitrogen and oxygen atoms in total. The summed E-state index contributed by atoms with van der Waals surface area (Å²) in [4.78, 5) is 25.1. The number of rotatable bonds is 12. The molecule has 5 aromatic rings. The summed E-state index contributed by atoms with van der Waals surface area (Å²) >= 11 is 1.69. The lowest BCUT2D eigenvalue weighted by Crippen LogP contribution is -2.38. The summed E-state index contributed by atoms with van der Waals surface area (Å²) < 4.78 is 19.0. The number of carbonyl (C=O) groups excluding carboxylic acids is 2. The smallest absolute Gasteiger partial charge is 0.319 e. The fourth-order valence-electron chi connectivity index (χ4n) is 5.71. The first-order valence-electron chi connectivity index (χ1n) is 16.8. The Morgan fingerprint density at radius 2 is 1.33 bits per heavy atom. The molecule has 0 aromatic heterocycles. The number of aliphatic hydroxyl groups excluding tert-OH is 1. The molecule has 0 bridgehead atoms. The SMILES string of the molecule is CC(=O)Nc1ccc(SC[C@@H]2O[C@H](c3ccc(CNC(=O)Nc4ccc(Oc5ccccc5)cc4)cc3)O[C@H](c3ccc(CO)cc3)[C@@H]2C)cc1. The maximum absolute atomic E-state index is 12.7. The fraction of sp³-hybridized carbons (Fsp3) is 0.220. The molecule has 1 heterocycles. The van der Waals surface area contributed by atoms with Gasteiger partial charge in [-0.1, -0.05) is 73.7 Å². The third-order valence-electron chi connectivity index (χ3n) is 8.51. The molecule has 6 rings (SSSR count). The predicted octanol–water partition coefficient (Wildman–Crippen LogP) is 8.84. The largest absolute Gasteiger partial charge is 0.457 e. The van der Waals surface area contributed by atoms with Gasteiger partial charge in [-0.2, -0.15) is 0 Å². The summed E-state index contributed by atoms with van der Waals surface area (Å²) in [5.41, 5.74) is 5.07. The molecule has 0 saturated carbocycles. The third kappa shape index (κ3) is 9.99. The number of urea groups is 1. The Kier molecular flexibility index (Phi) is 12.0. The Balaban J connectivity index is 1.07. The highest BCUT2D eigenvalue weighted by atomic mass is 32.2. The number of amides is 3. The third-order valence-corrected chi connectivity index (χ3v) is 9.61. The van der Waals surface area contributed by atoms with Crippen LogP contribution in [0.25, 0.3) is 0 Å². The van der Waals surface area contributed by atoms with Crippen molar-refractivity contribution in [2.45, 2.75) is 50.4 Å². The second-order valence-corrected chi connectivity index (χ2v) is 13.4. The lowest BCUT2D eigenvalue weighted by Gasteiger charge is -2.41. The molecule has 3 amide bonds. The van der Waals surface area contributed by atoms with Gasteiger partial charge in [0.2, 0.25) is 5.91 Å². The van der Waals surface area contributed by atoms with Crippen molar-refractivity contribution in [2.75, 3.05) is 16.4 Å². The van der Waals surface area contributed by atoms with E-state index in [9.17, 15) is 14.7 Å². The Morgan fingerprint density at radius 1 is 0.725 bits per heavy atom. The molecule has 262 valence electrons. The Morgan fingerprint density at radius 3 is 2.00 bits per heavy atom. The van der Waals surface area contributed by atoms with Gasteiger partial charge in [0.15, 0.2) is 6.29 Å². The van der Waals surface area contributed by atoms with Gasteiger partial charge in [-0.05, 0) is 77.4 Å². The quantitative estimate of drug-likeness (QED) is 0.0960. The number of nitrogens with one attached hydrogen (secondary N) is 3. The lowest BCUT2D eigenvalue weighted by atomic mass is 9.91. The van der Waals surface area contributed by atoms with Crippen molar-refractivity contribution < 1.29 is 28.9 Å². The van der Waals surface area contributed by atoms with E-state index in [2.05, 4.69) is 22.9 Å². The number of aliphatic hydroxyl groups is 1. The molecule has 10 heteroatoms. The number of ether oxygens (including phenoxy) is 3. The number of benzene rings is 5. The predicted molar refractivity (Wildman–Crippen MR) is 200 cm³/mol. The van der Waals surface area contributed by atoms with Gasteiger partial charge < -0.3 is 35.3 Å². The molecule has 4 atom stereocenters. The van der Waals surface area contributed by atoms with E-state index in [0.717, 1.165) is 38.6 Å². The minimum absolute atomic E-state index is 0.0202. The number of thioether (sulfide) groups is 1. The van der Waals surface area contributed by atoms with E-state index in [4.69, 9.17) is 14.2 Å². The van der Waals surface area contributed by atoms with Crippen LogP contribution in [-0.2, 0) is 27.4 Å². The van der Waals surface area contributed by atoms with E-state index >= 15 is 0 Å². The number of hydrogen-bond donors (Lipinski definition) is 4. The molecule has 1 fully saturated rings. The zero-order chi connectivity index (χ0) is 35.6. The van der Waals surface area contributed by atoms with Crippen LogP contribution in [0.2, 0.25) is 0 Å². The molecule has 0 spiro atoms. The van der Waals surface area contributed by atoms with Gasteiger partial charge in [-0.3, -0.25) is 4.79 Å². The molecule has 0 aliphatic carbocycles. The van der Waals surface area contributed by atoms with Crippen LogP contribution < -0.4 is 20.7 Å². The molecule has 5 aromatic carbocycles. The Labute approximate surface area is 302 Å². The summed E-state index contributed by atoms with van der Waals surface area (Å²) in [6.45, 7) is 3.95. The van der Waals surface area contributed by atoms with E-state index in [-0.39, 0.29) is 36.7 Å². The first-order valence-corrected chi connectivity index (χ1v) is 17.8. The number of para-hydroxylation sites is 1. The molecule has 4 N–H and O–H groups in total. The van der Waals surface area contributed by atoms with Gasteiger partial charge in [-0.25, -0.2) is 4.79 Å². The van der Waals surface area contributed by atoms with Gasteiger partial charge >= 0.3 is 6.03 Å². The average molecular weight is 704 g/mol. The van der Waals surface area contributed by atoms with Crippen molar-refractivity contribution in [3.05, 3.63) is 150 Å². The molecule has 1 aliphatic heterocycles. The normalized spacial score (nSPS) is 18.4. The maximum Gasteiger partial charge on any atom is 0.319 e. The van der Waals surface area contributed by atoms with E-state index < -0.39 is 6.29 Å². The Bertz CT molecular complexity index is 1870. The minimum atomic E-state index is -0.601. The van der Waals surface area contributed by atoms with Crippen LogP contribution in [0, 0.1) is 5.92 Å².